The lowest BCUT2D eigenvalue weighted by Gasteiger charge is -2.31. The third kappa shape index (κ3) is 3.68. The zero-order valence-corrected chi connectivity index (χ0v) is 15.7. The van der Waals surface area contributed by atoms with Crippen LogP contribution < -0.4 is 5.32 Å². The fourth-order valence-corrected chi connectivity index (χ4v) is 4.09. The fourth-order valence-electron chi connectivity index (χ4n) is 4.09. The van der Waals surface area contributed by atoms with Crippen LogP contribution in [-0.4, -0.2) is 40.4 Å². The molecule has 26 heavy (non-hydrogen) atoms. The number of imidazole rings is 1. The van der Waals surface area contributed by atoms with E-state index in [1.165, 1.54) is 5.56 Å². The number of amides is 1. The van der Waals surface area contributed by atoms with Crippen LogP contribution in [0.4, 0.5) is 0 Å². The maximum absolute atomic E-state index is 12.3. The Hall–Kier alpha value is -2.14. The van der Waals surface area contributed by atoms with Crippen molar-refractivity contribution in [1.82, 2.24) is 20.2 Å². The lowest BCUT2D eigenvalue weighted by atomic mass is 9.88. The first-order valence-corrected chi connectivity index (χ1v) is 9.63. The highest BCUT2D eigenvalue weighted by atomic mass is 16.1. The van der Waals surface area contributed by atoms with Gasteiger partial charge in [0, 0.05) is 24.7 Å². The molecular weight excluding hydrogens is 324 g/mol. The highest BCUT2D eigenvalue weighted by Crippen LogP contribution is 2.30. The smallest absolute Gasteiger partial charge is 0.271 e. The molecule has 0 unspecified atom stereocenters. The van der Waals surface area contributed by atoms with E-state index < -0.39 is 0 Å². The van der Waals surface area contributed by atoms with Crippen molar-refractivity contribution >= 4 is 5.91 Å². The minimum absolute atomic E-state index is 0.0328. The third-order valence-electron chi connectivity index (χ3n) is 5.62. The van der Waals surface area contributed by atoms with Gasteiger partial charge in [-0.1, -0.05) is 44.2 Å². The van der Waals surface area contributed by atoms with Gasteiger partial charge in [-0.2, -0.15) is 0 Å². The first kappa shape index (κ1) is 17.3. The number of piperidine rings is 1. The van der Waals surface area contributed by atoms with Crippen LogP contribution in [0.1, 0.15) is 60.2 Å². The average molecular weight is 352 g/mol. The number of carbonyl (C=O) groups excluding carboxylic acids is 1. The Morgan fingerprint density at radius 2 is 1.92 bits per heavy atom. The van der Waals surface area contributed by atoms with Crippen molar-refractivity contribution in [2.45, 2.75) is 45.6 Å². The van der Waals surface area contributed by atoms with E-state index in [4.69, 9.17) is 4.98 Å². The molecule has 5 nitrogen and oxygen atoms in total. The SMILES string of the molecule is CC1(C)CNC(=O)c2nc(C3CCN(Cc4ccccc4)CC3)[nH]c2C1. The number of carbonyl (C=O) groups is 1. The van der Waals surface area contributed by atoms with Crippen molar-refractivity contribution in [1.29, 1.82) is 0 Å². The molecule has 1 aromatic heterocycles. The van der Waals surface area contributed by atoms with Crippen LogP contribution in [0.3, 0.4) is 0 Å². The van der Waals surface area contributed by atoms with Gasteiger partial charge in [0.15, 0.2) is 0 Å². The molecule has 2 N–H and O–H groups in total. The number of likely N-dealkylation sites (tertiary alicyclic amines) is 1. The molecule has 0 bridgehead atoms. The van der Waals surface area contributed by atoms with Gasteiger partial charge in [-0.25, -0.2) is 4.98 Å². The van der Waals surface area contributed by atoms with Crippen LogP contribution in [0, 0.1) is 5.41 Å². The molecule has 0 radical (unpaired) electrons. The summed E-state index contributed by atoms with van der Waals surface area (Å²) in [6, 6.07) is 10.6. The Bertz CT molecular complexity index is 773. The summed E-state index contributed by atoms with van der Waals surface area (Å²) in [6.45, 7) is 8.23. The van der Waals surface area contributed by atoms with Crippen LogP contribution in [-0.2, 0) is 13.0 Å². The van der Waals surface area contributed by atoms with Crippen LogP contribution in [0.25, 0.3) is 0 Å². The molecule has 0 spiro atoms. The summed E-state index contributed by atoms with van der Waals surface area (Å²) >= 11 is 0. The van der Waals surface area contributed by atoms with E-state index in [1.54, 1.807) is 0 Å². The second kappa shape index (κ2) is 6.88. The first-order chi connectivity index (χ1) is 12.5. The van der Waals surface area contributed by atoms with Gasteiger partial charge >= 0.3 is 0 Å². The van der Waals surface area contributed by atoms with Crippen molar-refractivity contribution in [3.63, 3.8) is 0 Å². The number of hydrogen-bond acceptors (Lipinski definition) is 3. The Kier molecular flexibility index (Phi) is 4.57. The van der Waals surface area contributed by atoms with Crippen molar-refractivity contribution in [3.05, 3.63) is 53.1 Å². The van der Waals surface area contributed by atoms with Gasteiger partial charge in [-0.15, -0.1) is 0 Å². The number of rotatable bonds is 3. The van der Waals surface area contributed by atoms with E-state index in [-0.39, 0.29) is 11.3 Å². The number of benzene rings is 1. The Balaban J connectivity index is 1.42. The highest BCUT2D eigenvalue weighted by molar-refractivity contribution is 5.94. The van der Waals surface area contributed by atoms with E-state index in [1.807, 2.05) is 0 Å². The first-order valence-electron chi connectivity index (χ1n) is 9.63. The van der Waals surface area contributed by atoms with Crippen LogP contribution in [0.2, 0.25) is 0 Å². The summed E-state index contributed by atoms with van der Waals surface area (Å²) in [7, 11) is 0. The Morgan fingerprint density at radius 3 is 2.65 bits per heavy atom. The lowest BCUT2D eigenvalue weighted by molar-refractivity contribution is 0.0940. The van der Waals surface area contributed by atoms with E-state index >= 15 is 0 Å². The van der Waals surface area contributed by atoms with E-state index in [9.17, 15) is 4.79 Å². The predicted molar refractivity (Wildman–Crippen MR) is 102 cm³/mol. The van der Waals surface area contributed by atoms with Gasteiger partial charge in [0.05, 0.1) is 0 Å². The monoisotopic (exact) mass is 352 g/mol. The molecule has 2 aliphatic rings. The van der Waals surface area contributed by atoms with Crippen LogP contribution >= 0.6 is 0 Å². The maximum atomic E-state index is 12.3. The standard InChI is InChI=1S/C21H28N4O/c1-21(2)12-17-18(20(26)22-14-21)24-19(23-17)16-8-10-25(11-9-16)13-15-6-4-3-5-7-15/h3-7,16H,8-14H2,1-2H3,(H,22,26)(H,23,24). The molecule has 0 atom stereocenters. The summed E-state index contributed by atoms with van der Waals surface area (Å²) in [6.07, 6.45) is 3.04. The summed E-state index contributed by atoms with van der Waals surface area (Å²) < 4.78 is 0. The molecule has 2 aromatic rings. The summed E-state index contributed by atoms with van der Waals surface area (Å²) in [5, 5.41) is 3.01. The van der Waals surface area contributed by atoms with Crippen molar-refractivity contribution in [2.75, 3.05) is 19.6 Å². The van der Waals surface area contributed by atoms with Gasteiger partial charge < -0.3 is 10.3 Å². The zero-order valence-electron chi connectivity index (χ0n) is 15.7. The fraction of sp³-hybridized carbons (Fsp3) is 0.524. The quantitative estimate of drug-likeness (QED) is 0.892. The maximum Gasteiger partial charge on any atom is 0.271 e. The zero-order chi connectivity index (χ0) is 18.1. The molecule has 3 heterocycles. The van der Waals surface area contributed by atoms with Crippen LogP contribution in [0.15, 0.2) is 30.3 Å². The molecule has 1 amide bonds. The summed E-state index contributed by atoms with van der Waals surface area (Å²) in [4.78, 5) is 23.1. The Morgan fingerprint density at radius 1 is 1.19 bits per heavy atom. The van der Waals surface area contributed by atoms with Gasteiger partial charge in [-0.3, -0.25) is 9.69 Å². The van der Waals surface area contributed by atoms with Crippen molar-refractivity contribution < 1.29 is 4.79 Å². The molecule has 1 fully saturated rings. The largest absolute Gasteiger partial charge is 0.350 e. The lowest BCUT2D eigenvalue weighted by Crippen LogP contribution is -2.33. The minimum Gasteiger partial charge on any atom is -0.350 e. The molecule has 2 aliphatic heterocycles. The average Bonchev–Trinajstić information content (AvgIpc) is 3.00. The molecule has 4 rings (SSSR count). The van der Waals surface area contributed by atoms with Crippen molar-refractivity contribution in [3.8, 4) is 0 Å². The second-order valence-electron chi connectivity index (χ2n) is 8.51. The van der Waals surface area contributed by atoms with Gasteiger partial charge in [0.2, 0.25) is 0 Å². The number of fused-ring (bicyclic) bond motifs is 1. The molecule has 0 saturated carbocycles. The molecular formula is C21H28N4O. The normalized spacial score (nSPS) is 21.1. The van der Waals surface area contributed by atoms with Gasteiger partial charge in [-0.05, 0) is 43.3 Å². The van der Waals surface area contributed by atoms with Gasteiger partial charge in [0.25, 0.3) is 5.91 Å². The summed E-state index contributed by atoms with van der Waals surface area (Å²) in [5.74, 6) is 1.39. The number of H-pyrrole nitrogens is 1. The molecule has 0 aliphatic carbocycles. The van der Waals surface area contributed by atoms with Crippen molar-refractivity contribution in [2.24, 2.45) is 5.41 Å². The number of hydrogen-bond donors (Lipinski definition) is 2. The van der Waals surface area contributed by atoms with E-state index in [2.05, 4.69) is 59.4 Å². The predicted octanol–water partition coefficient (Wildman–Crippen LogP) is 3.10. The topological polar surface area (TPSA) is 61.0 Å². The number of aromatic amines is 1. The second-order valence-corrected chi connectivity index (χ2v) is 8.51. The number of aromatic nitrogens is 2. The van der Waals surface area contributed by atoms with Gasteiger partial charge in [0.1, 0.15) is 11.5 Å². The van der Waals surface area contributed by atoms with Crippen LogP contribution in [0.5, 0.6) is 0 Å². The molecule has 5 heteroatoms. The summed E-state index contributed by atoms with van der Waals surface area (Å²) in [5.41, 5.74) is 3.04. The Labute approximate surface area is 155 Å². The number of nitrogens with zero attached hydrogens (tertiary/aromatic N) is 2. The number of nitrogens with one attached hydrogen (secondary N) is 2. The molecule has 1 aromatic carbocycles. The minimum atomic E-state index is -0.0328. The highest BCUT2D eigenvalue weighted by Gasteiger charge is 2.32. The third-order valence-corrected chi connectivity index (χ3v) is 5.62. The molecule has 138 valence electrons. The molecule has 1 saturated heterocycles. The van der Waals surface area contributed by atoms with E-state index in [0.29, 0.717) is 18.2 Å². The van der Waals surface area contributed by atoms with E-state index in [0.717, 1.165) is 50.4 Å².